The normalized spacial score (nSPS) is 17.7. The number of alkyl halides is 1. The van der Waals surface area contributed by atoms with E-state index in [1.54, 1.807) is 18.5 Å². The molecule has 1 saturated heterocycles. The van der Waals surface area contributed by atoms with Crippen molar-refractivity contribution in [3.8, 4) is 0 Å². The largest absolute Gasteiger partial charge is 0.338 e. The average molecular weight is 327 g/mol. The minimum atomic E-state index is -0.0907. The lowest BCUT2D eigenvalue weighted by molar-refractivity contribution is -0.131. The molecule has 0 saturated carbocycles. The second-order valence-electron chi connectivity index (χ2n) is 5.01. The molecule has 0 N–H and O–H groups in total. The van der Waals surface area contributed by atoms with Crippen LogP contribution in [0.25, 0.3) is 0 Å². The summed E-state index contributed by atoms with van der Waals surface area (Å²) in [6.07, 6.45) is 3.49. The molecule has 0 bridgehead atoms. The number of halogens is 1. The van der Waals surface area contributed by atoms with Crippen molar-refractivity contribution in [2.24, 2.45) is 5.92 Å². The Bertz CT molecular complexity index is 418. The molecule has 0 spiro atoms. The van der Waals surface area contributed by atoms with Crippen LogP contribution in [0.4, 0.5) is 5.95 Å². The summed E-state index contributed by atoms with van der Waals surface area (Å²) in [4.78, 5) is 24.6. The number of anilines is 1. The second kappa shape index (κ2) is 6.32. The molecule has 2 rings (SSSR count). The number of rotatable bonds is 3. The van der Waals surface area contributed by atoms with E-state index in [0.717, 1.165) is 32.1 Å². The van der Waals surface area contributed by atoms with Gasteiger partial charge >= 0.3 is 0 Å². The lowest BCUT2D eigenvalue weighted by atomic mass is 10.1. The first-order valence-corrected chi connectivity index (χ1v) is 7.46. The molecule has 0 aliphatic carbocycles. The summed E-state index contributed by atoms with van der Waals surface area (Å²) in [5, 5.41) is 0. The van der Waals surface area contributed by atoms with Crippen molar-refractivity contribution in [1.82, 2.24) is 14.9 Å². The molecule has 1 aromatic rings. The quantitative estimate of drug-likeness (QED) is 0.791. The fraction of sp³-hybridized carbons (Fsp3) is 0.615. The molecule has 0 aromatic carbocycles. The molecular weight excluding hydrogens is 308 g/mol. The molecule has 1 fully saturated rings. The number of nitrogens with zero attached hydrogens (tertiary/aromatic N) is 4. The molecular formula is C13H19BrN4O. The summed E-state index contributed by atoms with van der Waals surface area (Å²) in [6, 6.07) is 1.81. The van der Waals surface area contributed by atoms with Crippen LogP contribution in [0.5, 0.6) is 0 Å². The number of aromatic nitrogens is 2. The molecule has 1 aromatic heterocycles. The summed E-state index contributed by atoms with van der Waals surface area (Å²) in [7, 11) is 0. The zero-order chi connectivity index (χ0) is 13.8. The van der Waals surface area contributed by atoms with E-state index in [9.17, 15) is 4.79 Å². The van der Waals surface area contributed by atoms with E-state index in [1.807, 2.05) is 18.7 Å². The average Bonchev–Trinajstić information content (AvgIpc) is 2.46. The third-order valence-corrected chi connectivity index (χ3v) is 4.70. The lowest BCUT2D eigenvalue weighted by Crippen LogP contribution is -2.51. The Balaban J connectivity index is 1.91. The van der Waals surface area contributed by atoms with Gasteiger partial charge in [0.05, 0.1) is 4.83 Å². The maximum atomic E-state index is 12.2. The van der Waals surface area contributed by atoms with Crippen molar-refractivity contribution in [3.63, 3.8) is 0 Å². The van der Waals surface area contributed by atoms with Gasteiger partial charge in [0.1, 0.15) is 0 Å². The summed E-state index contributed by atoms with van der Waals surface area (Å²) in [5.41, 5.74) is 0. The fourth-order valence-corrected chi connectivity index (χ4v) is 2.33. The molecule has 104 valence electrons. The number of hydrogen-bond donors (Lipinski definition) is 0. The van der Waals surface area contributed by atoms with Crippen molar-refractivity contribution >= 4 is 27.8 Å². The molecule has 2 heterocycles. The van der Waals surface area contributed by atoms with Crippen LogP contribution in [0, 0.1) is 5.92 Å². The van der Waals surface area contributed by atoms with E-state index < -0.39 is 0 Å². The Labute approximate surface area is 122 Å². The van der Waals surface area contributed by atoms with Gasteiger partial charge in [-0.1, -0.05) is 29.8 Å². The van der Waals surface area contributed by atoms with E-state index in [-0.39, 0.29) is 10.7 Å². The molecule has 0 radical (unpaired) electrons. The van der Waals surface area contributed by atoms with Crippen LogP contribution in [0.3, 0.4) is 0 Å². The molecule has 19 heavy (non-hydrogen) atoms. The van der Waals surface area contributed by atoms with Crippen molar-refractivity contribution < 1.29 is 4.79 Å². The van der Waals surface area contributed by atoms with Crippen molar-refractivity contribution in [2.45, 2.75) is 18.7 Å². The van der Waals surface area contributed by atoms with Gasteiger partial charge in [-0.2, -0.15) is 0 Å². The van der Waals surface area contributed by atoms with E-state index in [4.69, 9.17) is 0 Å². The Morgan fingerprint density at radius 3 is 2.32 bits per heavy atom. The highest BCUT2D eigenvalue weighted by atomic mass is 79.9. The fourth-order valence-electron chi connectivity index (χ4n) is 2.04. The van der Waals surface area contributed by atoms with Gasteiger partial charge in [0.15, 0.2) is 0 Å². The van der Waals surface area contributed by atoms with E-state index in [2.05, 4.69) is 30.8 Å². The maximum Gasteiger partial charge on any atom is 0.236 e. The monoisotopic (exact) mass is 326 g/mol. The highest BCUT2D eigenvalue weighted by Gasteiger charge is 2.28. The van der Waals surface area contributed by atoms with Gasteiger partial charge in [0.25, 0.3) is 0 Å². The number of amides is 1. The van der Waals surface area contributed by atoms with Crippen LogP contribution in [-0.2, 0) is 4.79 Å². The number of carbonyl (C=O) groups is 1. The van der Waals surface area contributed by atoms with Gasteiger partial charge in [-0.25, -0.2) is 9.97 Å². The predicted molar refractivity (Wildman–Crippen MR) is 78.4 cm³/mol. The molecule has 1 aliphatic heterocycles. The first-order valence-electron chi connectivity index (χ1n) is 6.54. The highest BCUT2D eigenvalue weighted by molar-refractivity contribution is 9.10. The molecule has 1 aliphatic rings. The molecule has 1 atom stereocenters. The molecule has 0 unspecified atom stereocenters. The third kappa shape index (κ3) is 3.43. The van der Waals surface area contributed by atoms with Gasteiger partial charge in [-0.05, 0) is 12.0 Å². The summed E-state index contributed by atoms with van der Waals surface area (Å²) in [6.45, 7) is 7.12. The van der Waals surface area contributed by atoms with Crippen LogP contribution in [0.1, 0.15) is 13.8 Å². The Morgan fingerprint density at radius 1 is 1.21 bits per heavy atom. The number of piperazine rings is 1. The van der Waals surface area contributed by atoms with Gasteiger partial charge in [-0.15, -0.1) is 0 Å². The summed E-state index contributed by atoms with van der Waals surface area (Å²) < 4.78 is 0. The topological polar surface area (TPSA) is 49.3 Å². The minimum Gasteiger partial charge on any atom is -0.338 e. The minimum absolute atomic E-state index is 0.0907. The third-order valence-electron chi connectivity index (χ3n) is 3.25. The number of hydrogen-bond acceptors (Lipinski definition) is 4. The SMILES string of the molecule is CC(C)[C@H](Br)C(=O)N1CCN(c2ncccn2)CC1. The Hall–Kier alpha value is -1.17. The number of carbonyl (C=O) groups excluding carboxylic acids is 1. The first kappa shape index (κ1) is 14.2. The molecule has 6 heteroatoms. The summed E-state index contributed by atoms with van der Waals surface area (Å²) >= 11 is 3.47. The van der Waals surface area contributed by atoms with Crippen molar-refractivity contribution in [3.05, 3.63) is 18.5 Å². The molecule has 5 nitrogen and oxygen atoms in total. The smallest absolute Gasteiger partial charge is 0.236 e. The van der Waals surface area contributed by atoms with Gasteiger partial charge in [0, 0.05) is 38.6 Å². The van der Waals surface area contributed by atoms with Gasteiger partial charge in [0.2, 0.25) is 11.9 Å². The van der Waals surface area contributed by atoms with Crippen LogP contribution in [0.2, 0.25) is 0 Å². The van der Waals surface area contributed by atoms with E-state index >= 15 is 0 Å². The molecule has 1 amide bonds. The van der Waals surface area contributed by atoms with Crippen molar-refractivity contribution in [1.29, 1.82) is 0 Å². The Kier molecular flexibility index (Phi) is 4.74. The first-order chi connectivity index (χ1) is 9.09. The van der Waals surface area contributed by atoms with E-state index in [1.165, 1.54) is 0 Å². The van der Waals surface area contributed by atoms with Crippen LogP contribution < -0.4 is 4.90 Å². The zero-order valence-corrected chi connectivity index (χ0v) is 12.9. The lowest BCUT2D eigenvalue weighted by Gasteiger charge is -2.36. The summed E-state index contributed by atoms with van der Waals surface area (Å²) in [5.74, 6) is 1.24. The van der Waals surface area contributed by atoms with E-state index in [0.29, 0.717) is 5.92 Å². The highest BCUT2D eigenvalue weighted by Crippen LogP contribution is 2.17. The van der Waals surface area contributed by atoms with Crippen LogP contribution in [0.15, 0.2) is 18.5 Å². The van der Waals surface area contributed by atoms with Gasteiger partial charge < -0.3 is 9.80 Å². The predicted octanol–water partition coefficient (Wildman–Crippen LogP) is 1.54. The van der Waals surface area contributed by atoms with Gasteiger partial charge in [-0.3, -0.25) is 4.79 Å². The zero-order valence-electron chi connectivity index (χ0n) is 11.3. The van der Waals surface area contributed by atoms with Crippen molar-refractivity contribution in [2.75, 3.05) is 31.1 Å². The standard InChI is InChI=1S/C13H19BrN4O/c1-10(2)11(14)12(19)17-6-8-18(9-7-17)13-15-4-3-5-16-13/h3-5,10-11H,6-9H2,1-2H3/t11-/m0/s1. The van der Waals surface area contributed by atoms with Crippen LogP contribution >= 0.6 is 15.9 Å². The second-order valence-corrected chi connectivity index (χ2v) is 5.99. The maximum absolute atomic E-state index is 12.2. The Morgan fingerprint density at radius 2 is 1.79 bits per heavy atom. The van der Waals surface area contributed by atoms with Crippen LogP contribution in [-0.4, -0.2) is 51.8 Å².